The fraction of sp³-hybridized carbons (Fsp3) is 0.500. The summed E-state index contributed by atoms with van der Waals surface area (Å²) in [5, 5.41) is 5.66. The zero-order valence-electron chi connectivity index (χ0n) is 12.2. The van der Waals surface area contributed by atoms with Crippen LogP contribution in [0.4, 0.5) is 0 Å². The van der Waals surface area contributed by atoms with Crippen molar-refractivity contribution in [3.8, 4) is 0 Å². The largest absolute Gasteiger partial charge is 0.354 e. The van der Waals surface area contributed by atoms with Gasteiger partial charge in [-0.05, 0) is 31.4 Å². The molecule has 0 bridgehead atoms. The Hall–Kier alpha value is -1.88. The third-order valence-corrected chi connectivity index (χ3v) is 3.83. The van der Waals surface area contributed by atoms with Crippen LogP contribution in [-0.4, -0.2) is 30.9 Å². The number of nitrogens with one attached hydrogen (secondary N) is 2. The van der Waals surface area contributed by atoms with Crippen LogP contribution in [0.2, 0.25) is 0 Å². The average Bonchev–Trinajstić information content (AvgIpc) is 2.52. The lowest BCUT2D eigenvalue weighted by atomic mass is 9.85. The highest BCUT2D eigenvalue weighted by Crippen LogP contribution is 2.22. The van der Waals surface area contributed by atoms with Gasteiger partial charge < -0.3 is 16.4 Å². The minimum atomic E-state index is -0.121. The van der Waals surface area contributed by atoms with Gasteiger partial charge in [0.25, 0.3) is 5.91 Å². The number of hydrogen-bond acceptors (Lipinski definition) is 3. The molecule has 2 amide bonds. The van der Waals surface area contributed by atoms with Crippen LogP contribution in [0.5, 0.6) is 0 Å². The van der Waals surface area contributed by atoms with Gasteiger partial charge in [-0.3, -0.25) is 9.59 Å². The molecular weight excluding hydrogens is 266 g/mol. The quantitative estimate of drug-likeness (QED) is 0.708. The van der Waals surface area contributed by atoms with E-state index in [9.17, 15) is 9.59 Å². The minimum absolute atomic E-state index is 0.0265. The van der Waals surface area contributed by atoms with E-state index in [0.717, 1.165) is 25.7 Å². The van der Waals surface area contributed by atoms with Crippen molar-refractivity contribution in [2.75, 3.05) is 13.1 Å². The molecule has 1 saturated carbocycles. The summed E-state index contributed by atoms with van der Waals surface area (Å²) >= 11 is 0. The lowest BCUT2D eigenvalue weighted by molar-refractivity contribution is -0.126. The molecule has 114 valence electrons. The van der Waals surface area contributed by atoms with Crippen molar-refractivity contribution in [2.24, 2.45) is 11.7 Å². The Morgan fingerprint density at radius 2 is 1.81 bits per heavy atom. The Balaban J connectivity index is 1.65. The Bertz CT molecular complexity index is 476. The second-order valence-electron chi connectivity index (χ2n) is 5.54. The van der Waals surface area contributed by atoms with Crippen molar-refractivity contribution in [3.05, 3.63) is 35.9 Å². The van der Waals surface area contributed by atoms with E-state index in [-0.39, 0.29) is 23.8 Å². The number of rotatable bonds is 5. The standard InChI is InChI=1S/C16H23N3O2/c17-14-8-4-7-13(11-14)16(21)19-10-9-18-15(20)12-5-2-1-3-6-12/h1-3,5-6,13-14H,4,7-11,17H2,(H,18,20)(H,19,21). The van der Waals surface area contributed by atoms with Crippen molar-refractivity contribution in [1.29, 1.82) is 0 Å². The maximum atomic E-state index is 12.0. The van der Waals surface area contributed by atoms with Crippen molar-refractivity contribution >= 4 is 11.8 Å². The molecule has 0 radical (unpaired) electrons. The zero-order chi connectivity index (χ0) is 15.1. The first-order valence-electron chi connectivity index (χ1n) is 7.53. The van der Waals surface area contributed by atoms with E-state index in [1.165, 1.54) is 0 Å². The molecule has 2 rings (SSSR count). The van der Waals surface area contributed by atoms with E-state index in [1.54, 1.807) is 12.1 Å². The predicted molar refractivity (Wildman–Crippen MR) is 81.7 cm³/mol. The maximum absolute atomic E-state index is 12.0. The molecule has 5 heteroatoms. The predicted octanol–water partition coefficient (Wildman–Crippen LogP) is 1.05. The van der Waals surface area contributed by atoms with E-state index in [1.807, 2.05) is 18.2 Å². The van der Waals surface area contributed by atoms with Gasteiger partial charge in [-0.1, -0.05) is 24.6 Å². The molecule has 0 heterocycles. The lowest BCUT2D eigenvalue weighted by Crippen LogP contribution is -2.40. The normalized spacial score (nSPS) is 21.6. The molecule has 1 aliphatic carbocycles. The Labute approximate surface area is 125 Å². The molecule has 21 heavy (non-hydrogen) atoms. The molecule has 1 aliphatic rings. The van der Waals surface area contributed by atoms with Gasteiger partial charge in [0.05, 0.1) is 0 Å². The first-order chi connectivity index (χ1) is 10.2. The van der Waals surface area contributed by atoms with Gasteiger partial charge in [0.15, 0.2) is 0 Å². The van der Waals surface area contributed by atoms with Gasteiger partial charge in [-0.25, -0.2) is 0 Å². The summed E-state index contributed by atoms with van der Waals surface area (Å²) in [6.07, 6.45) is 3.71. The summed E-state index contributed by atoms with van der Waals surface area (Å²) in [6.45, 7) is 0.876. The molecule has 1 aromatic rings. The van der Waals surface area contributed by atoms with E-state index >= 15 is 0 Å². The number of carbonyl (C=O) groups is 2. The number of carbonyl (C=O) groups excluding carboxylic acids is 2. The first-order valence-corrected chi connectivity index (χ1v) is 7.53. The summed E-state index contributed by atoms with van der Waals surface area (Å²) < 4.78 is 0. The smallest absolute Gasteiger partial charge is 0.251 e. The zero-order valence-corrected chi connectivity index (χ0v) is 12.2. The Morgan fingerprint density at radius 3 is 2.52 bits per heavy atom. The van der Waals surface area contributed by atoms with Crippen LogP contribution in [0.1, 0.15) is 36.0 Å². The first kappa shape index (κ1) is 15.5. The second kappa shape index (κ2) is 7.78. The summed E-state index contributed by atoms with van der Waals surface area (Å²) in [5.74, 6) is -0.0396. The summed E-state index contributed by atoms with van der Waals surface area (Å²) in [6, 6.07) is 9.18. The van der Waals surface area contributed by atoms with Crippen LogP contribution in [0.25, 0.3) is 0 Å². The molecule has 2 atom stereocenters. The lowest BCUT2D eigenvalue weighted by Gasteiger charge is -2.25. The van der Waals surface area contributed by atoms with Crippen LogP contribution in [0, 0.1) is 5.92 Å². The molecule has 1 aromatic carbocycles. The van der Waals surface area contributed by atoms with Crippen LogP contribution in [0.3, 0.4) is 0 Å². The van der Waals surface area contributed by atoms with E-state index in [4.69, 9.17) is 5.73 Å². The van der Waals surface area contributed by atoms with Gasteiger partial charge in [-0.2, -0.15) is 0 Å². The van der Waals surface area contributed by atoms with Crippen molar-refractivity contribution in [3.63, 3.8) is 0 Å². The highest BCUT2D eigenvalue weighted by molar-refractivity contribution is 5.94. The number of nitrogens with two attached hydrogens (primary N) is 1. The summed E-state index contributed by atoms with van der Waals surface area (Å²) in [7, 11) is 0. The maximum Gasteiger partial charge on any atom is 0.251 e. The SMILES string of the molecule is NC1CCCC(C(=O)NCCNC(=O)c2ccccc2)C1. The molecule has 2 unspecified atom stereocenters. The fourth-order valence-electron chi connectivity index (χ4n) is 2.66. The number of amides is 2. The third kappa shape index (κ3) is 4.86. The molecule has 5 nitrogen and oxygen atoms in total. The van der Waals surface area contributed by atoms with Crippen molar-refractivity contribution in [2.45, 2.75) is 31.7 Å². The van der Waals surface area contributed by atoms with Gasteiger partial charge in [0.2, 0.25) is 5.91 Å². The van der Waals surface area contributed by atoms with E-state index < -0.39 is 0 Å². The fourth-order valence-corrected chi connectivity index (χ4v) is 2.66. The van der Waals surface area contributed by atoms with Gasteiger partial charge in [0.1, 0.15) is 0 Å². The molecule has 0 spiro atoms. The number of benzene rings is 1. The van der Waals surface area contributed by atoms with E-state index in [0.29, 0.717) is 18.7 Å². The third-order valence-electron chi connectivity index (χ3n) is 3.83. The van der Waals surface area contributed by atoms with Crippen molar-refractivity contribution in [1.82, 2.24) is 10.6 Å². The van der Waals surface area contributed by atoms with Crippen molar-refractivity contribution < 1.29 is 9.59 Å². The minimum Gasteiger partial charge on any atom is -0.354 e. The molecule has 0 aliphatic heterocycles. The van der Waals surface area contributed by atoms with Crippen LogP contribution < -0.4 is 16.4 Å². The molecule has 1 fully saturated rings. The van der Waals surface area contributed by atoms with Crippen LogP contribution in [-0.2, 0) is 4.79 Å². The Kier molecular flexibility index (Phi) is 5.75. The summed E-state index contributed by atoms with van der Waals surface area (Å²) in [5.41, 5.74) is 6.51. The molecule has 0 saturated heterocycles. The Morgan fingerprint density at radius 1 is 1.10 bits per heavy atom. The topological polar surface area (TPSA) is 84.2 Å². The average molecular weight is 289 g/mol. The monoisotopic (exact) mass is 289 g/mol. The highest BCUT2D eigenvalue weighted by atomic mass is 16.2. The van der Waals surface area contributed by atoms with Gasteiger partial charge >= 0.3 is 0 Å². The van der Waals surface area contributed by atoms with Gasteiger partial charge in [-0.15, -0.1) is 0 Å². The van der Waals surface area contributed by atoms with Gasteiger partial charge in [0, 0.05) is 30.6 Å². The summed E-state index contributed by atoms with van der Waals surface area (Å²) in [4.78, 5) is 23.8. The molecule has 0 aromatic heterocycles. The van der Waals surface area contributed by atoms with Crippen LogP contribution >= 0.6 is 0 Å². The molecular formula is C16H23N3O2. The van der Waals surface area contributed by atoms with Crippen LogP contribution in [0.15, 0.2) is 30.3 Å². The second-order valence-corrected chi connectivity index (χ2v) is 5.54. The van der Waals surface area contributed by atoms with E-state index in [2.05, 4.69) is 10.6 Å². The number of hydrogen-bond donors (Lipinski definition) is 3. The molecule has 4 N–H and O–H groups in total. The highest BCUT2D eigenvalue weighted by Gasteiger charge is 2.24.